The van der Waals surface area contributed by atoms with Crippen molar-refractivity contribution in [3.8, 4) is 0 Å². The molecule has 1 unspecified atom stereocenters. The minimum atomic E-state index is -0.751. The first-order valence-electron chi connectivity index (χ1n) is 5.85. The van der Waals surface area contributed by atoms with Crippen molar-refractivity contribution in [2.75, 3.05) is 13.7 Å². The Morgan fingerprint density at radius 3 is 2.82 bits per heavy atom. The first-order valence-corrected chi connectivity index (χ1v) is 6.73. The molecule has 1 heterocycles. The van der Waals surface area contributed by atoms with Crippen molar-refractivity contribution in [1.82, 2.24) is 0 Å². The fourth-order valence-electron chi connectivity index (χ4n) is 2.07. The van der Waals surface area contributed by atoms with Gasteiger partial charge in [-0.15, -0.1) is 11.3 Å². The molecule has 2 rings (SSSR count). The summed E-state index contributed by atoms with van der Waals surface area (Å²) in [5, 5.41) is 13.8. The molecule has 2 nitrogen and oxygen atoms in total. The molecular weight excluding hydrogens is 232 g/mol. The van der Waals surface area contributed by atoms with Crippen LogP contribution in [0.5, 0.6) is 0 Å². The van der Waals surface area contributed by atoms with Crippen molar-refractivity contribution in [3.63, 3.8) is 0 Å². The van der Waals surface area contributed by atoms with Gasteiger partial charge in [0.05, 0.1) is 12.2 Å². The lowest BCUT2D eigenvalue weighted by atomic mass is 9.92. The summed E-state index contributed by atoms with van der Waals surface area (Å²) in [6.45, 7) is 2.38. The highest BCUT2D eigenvalue weighted by molar-refractivity contribution is 7.17. The number of hydrogen-bond donors (Lipinski definition) is 1. The first kappa shape index (κ1) is 12.6. The highest BCUT2D eigenvalue weighted by atomic mass is 32.1. The Morgan fingerprint density at radius 2 is 2.12 bits per heavy atom. The van der Waals surface area contributed by atoms with Gasteiger partial charge in [-0.05, 0) is 28.8 Å². The predicted molar refractivity (Wildman–Crippen MR) is 72.6 cm³/mol. The molecule has 0 aliphatic rings. The highest BCUT2D eigenvalue weighted by Crippen LogP contribution is 2.29. The van der Waals surface area contributed by atoms with Crippen molar-refractivity contribution in [2.24, 2.45) is 0 Å². The van der Waals surface area contributed by atoms with E-state index in [1.807, 2.05) is 19.1 Å². The smallest absolute Gasteiger partial charge is 0.0917 e. The van der Waals surface area contributed by atoms with E-state index in [-0.39, 0.29) is 0 Å². The first-order chi connectivity index (χ1) is 8.18. The standard InChI is InChI=1S/C14H18O2S/c1-3-14(15,10-16-2)8-11-9-17-13-7-5-4-6-12(11)13/h4-7,9,15H,3,8,10H2,1-2H3. The van der Waals surface area contributed by atoms with Gasteiger partial charge >= 0.3 is 0 Å². The quantitative estimate of drug-likeness (QED) is 0.882. The molecule has 0 bridgehead atoms. The highest BCUT2D eigenvalue weighted by Gasteiger charge is 2.26. The van der Waals surface area contributed by atoms with Crippen molar-refractivity contribution in [3.05, 3.63) is 35.2 Å². The number of rotatable bonds is 5. The molecule has 0 aliphatic carbocycles. The summed E-state index contributed by atoms with van der Waals surface area (Å²) in [6.07, 6.45) is 1.35. The maximum Gasteiger partial charge on any atom is 0.0917 e. The number of methoxy groups -OCH3 is 1. The van der Waals surface area contributed by atoms with Gasteiger partial charge in [0.15, 0.2) is 0 Å². The third-order valence-electron chi connectivity index (χ3n) is 3.15. The van der Waals surface area contributed by atoms with Crippen LogP contribution in [0.15, 0.2) is 29.6 Å². The van der Waals surface area contributed by atoms with Crippen LogP contribution in [0.2, 0.25) is 0 Å². The van der Waals surface area contributed by atoms with Gasteiger partial charge in [-0.25, -0.2) is 0 Å². The Kier molecular flexibility index (Phi) is 3.82. The lowest BCUT2D eigenvalue weighted by Crippen LogP contribution is -2.35. The van der Waals surface area contributed by atoms with E-state index in [1.165, 1.54) is 15.6 Å². The fraction of sp³-hybridized carbons (Fsp3) is 0.429. The number of fused-ring (bicyclic) bond motifs is 1. The van der Waals surface area contributed by atoms with Gasteiger partial charge in [0.25, 0.3) is 0 Å². The van der Waals surface area contributed by atoms with Crippen LogP contribution in [0.4, 0.5) is 0 Å². The number of ether oxygens (including phenoxy) is 1. The van der Waals surface area contributed by atoms with Crippen LogP contribution >= 0.6 is 11.3 Å². The average molecular weight is 250 g/mol. The molecule has 1 atom stereocenters. The molecule has 0 amide bonds. The monoisotopic (exact) mass is 250 g/mol. The van der Waals surface area contributed by atoms with Crippen LogP contribution in [0, 0.1) is 0 Å². The molecule has 1 aromatic heterocycles. The summed E-state index contributed by atoms with van der Waals surface area (Å²) in [5.41, 5.74) is 0.463. The molecule has 1 aromatic carbocycles. The van der Waals surface area contributed by atoms with E-state index < -0.39 is 5.60 Å². The minimum Gasteiger partial charge on any atom is -0.387 e. The number of hydrogen-bond acceptors (Lipinski definition) is 3. The summed E-state index contributed by atoms with van der Waals surface area (Å²) in [7, 11) is 1.63. The van der Waals surface area contributed by atoms with Crippen LogP contribution in [-0.4, -0.2) is 24.4 Å². The van der Waals surface area contributed by atoms with Crippen LogP contribution in [0.3, 0.4) is 0 Å². The molecule has 0 fully saturated rings. The largest absolute Gasteiger partial charge is 0.387 e. The lowest BCUT2D eigenvalue weighted by molar-refractivity contribution is -0.0330. The molecular formula is C14H18O2S. The Hall–Kier alpha value is -0.900. The van der Waals surface area contributed by atoms with Crippen LogP contribution in [0.25, 0.3) is 10.1 Å². The third kappa shape index (κ3) is 2.68. The summed E-state index contributed by atoms with van der Waals surface area (Å²) < 4.78 is 6.39. The summed E-state index contributed by atoms with van der Waals surface area (Å²) >= 11 is 1.73. The van der Waals surface area contributed by atoms with E-state index in [4.69, 9.17) is 4.74 Å². The normalized spacial score (nSPS) is 15.0. The molecule has 0 aliphatic heterocycles. The Morgan fingerprint density at radius 1 is 1.35 bits per heavy atom. The van der Waals surface area contributed by atoms with Gasteiger partial charge in [-0.1, -0.05) is 25.1 Å². The zero-order valence-corrected chi connectivity index (χ0v) is 11.1. The average Bonchev–Trinajstić information content (AvgIpc) is 2.73. The summed E-state index contributed by atoms with van der Waals surface area (Å²) in [5.74, 6) is 0. The minimum absolute atomic E-state index is 0.383. The molecule has 0 radical (unpaired) electrons. The zero-order chi connectivity index (χ0) is 12.3. The Labute approximate surface area is 106 Å². The second kappa shape index (κ2) is 5.17. The van der Waals surface area contributed by atoms with Crippen LogP contribution in [-0.2, 0) is 11.2 Å². The van der Waals surface area contributed by atoms with Gasteiger partial charge in [0, 0.05) is 18.2 Å². The van der Waals surface area contributed by atoms with Gasteiger partial charge in [0.1, 0.15) is 0 Å². The van der Waals surface area contributed by atoms with E-state index >= 15 is 0 Å². The Bertz CT molecular complexity index is 492. The second-order valence-corrected chi connectivity index (χ2v) is 5.36. The zero-order valence-electron chi connectivity index (χ0n) is 10.3. The summed E-state index contributed by atoms with van der Waals surface area (Å²) in [4.78, 5) is 0. The maximum atomic E-state index is 10.4. The third-order valence-corrected chi connectivity index (χ3v) is 4.16. The molecule has 2 aromatic rings. The number of benzene rings is 1. The molecule has 17 heavy (non-hydrogen) atoms. The maximum absolute atomic E-state index is 10.4. The molecule has 3 heteroatoms. The Balaban J connectivity index is 2.28. The van der Waals surface area contributed by atoms with Crippen LogP contribution < -0.4 is 0 Å². The van der Waals surface area contributed by atoms with Gasteiger partial charge in [-0.2, -0.15) is 0 Å². The van der Waals surface area contributed by atoms with Gasteiger partial charge < -0.3 is 9.84 Å². The number of aliphatic hydroxyl groups is 1. The molecule has 0 saturated heterocycles. The van der Waals surface area contributed by atoms with E-state index in [2.05, 4.69) is 17.5 Å². The van der Waals surface area contributed by atoms with Crippen molar-refractivity contribution in [1.29, 1.82) is 0 Å². The predicted octanol–water partition coefficient (Wildman–Crippen LogP) is 3.23. The topological polar surface area (TPSA) is 29.5 Å². The molecule has 92 valence electrons. The van der Waals surface area contributed by atoms with E-state index in [9.17, 15) is 5.11 Å². The van der Waals surface area contributed by atoms with E-state index in [1.54, 1.807) is 18.4 Å². The lowest BCUT2D eigenvalue weighted by Gasteiger charge is -2.25. The van der Waals surface area contributed by atoms with Gasteiger partial charge in [-0.3, -0.25) is 0 Å². The van der Waals surface area contributed by atoms with Crippen molar-refractivity contribution >= 4 is 21.4 Å². The number of thiophene rings is 1. The molecule has 0 spiro atoms. The SMILES string of the molecule is CCC(O)(COC)Cc1csc2ccccc12. The van der Waals surface area contributed by atoms with Crippen molar-refractivity contribution in [2.45, 2.75) is 25.4 Å². The molecule has 0 saturated carbocycles. The molecule has 1 N–H and O–H groups in total. The van der Waals surface area contributed by atoms with Crippen LogP contribution in [0.1, 0.15) is 18.9 Å². The second-order valence-electron chi connectivity index (χ2n) is 4.44. The van der Waals surface area contributed by atoms with Crippen molar-refractivity contribution < 1.29 is 9.84 Å². The van der Waals surface area contributed by atoms with E-state index in [0.717, 1.165) is 0 Å². The van der Waals surface area contributed by atoms with Gasteiger partial charge in [0.2, 0.25) is 0 Å². The van der Waals surface area contributed by atoms with E-state index in [0.29, 0.717) is 19.4 Å². The summed E-state index contributed by atoms with van der Waals surface area (Å²) in [6, 6.07) is 8.32. The fourth-order valence-corrected chi connectivity index (χ4v) is 3.03.